The fourth-order valence-corrected chi connectivity index (χ4v) is 2.74. The average molecular weight is 233 g/mol. The highest BCUT2D eigenvalue weighted by Crippen LogP contribution is 2.32. The van der Waals surface area contributed by atoms with Crippen molar-refractivity contribution >= 4 is 11.6 Å². The monoisotopic (exact) mass is 233 g/mol. The highest BCUT2D eigenvalue weighted by Gasteiger charge is 2.32. The first-order valence-electron chi connectivity index (χ1n) is 5.97. The first kappa shape index (κ1) is 12.1. The first-order chi connectivity index (χ1) is 7.86. The van der Waals surface area contributed by atoms with Crippen molar-refractivity contribution in [2.75, 3.05) is 18.0 Å². The van der Waals surface area contributed by atoms with Crippen molar-refractivity contribution < 1.29 is 4.79 Å². The van der Waals surface area contributed by atoms with E-state index < -0.39 is 0 Å². The number of para-hydroxylation sites is 1. The van der Waals surface area contributed by atoms with Crippen molar-refractivity contribution in [3.8, 4) is 0 Å². The molecule has 1 fully saturated rings. The van der Waals surface area contributed by atoms with Crippen LogP contribution < -0.4 is 16.4 Å². The summed E-state index contributed by atoms with van der Waals surface area (Å²) in [5, 5.41) is 3.34. The fourth-order valence-electron chi connectivity index (χ4n) is 2.74. The smallest absolute Gasteiger partial charge is 0.231 e. The maximum Gasteiger partial charge on any atom is 0.231 e. The number of fused-ring (bicyclic) bond motifs is 1. The van der Waals surface area contributed by atoms with Crippen molar-refractivity contribution in [3.05, 3.63) is 29.8 Å². The van der Waals surface area contributed by atoms with Crippen LogP contribution in [0, 0.1) is 0 Å². The van der Waals surface area contributed by atoms with Crippen LogP contribution in [0.5, 0.6) is 0 Å². The van der Waals surface area contributed by atoms with Crippen LogP contribution in [0.15, 0.2) is 24.3 Å². The lowest BCUT2D eigenvalue weighted by Crippen LogP contribution is -2.44. The van der Waals surface area contributed by atoms with E-state index in [1.165, 1.54) is 5.56 Å². The highest BCUT2D eigenvalue weighted by molar-refractivity contribution is 6.01. The number of carbonyl (C=O) groups is 1. The molecule has 1 aromatic rings. The van der Waals surface area contributed by atoms with E-state index in [1.807, 2.05) is 17.0 Å². The number of rotatable bonds is 1. The Morgan fingerprint density at radius 3 is 2.65 bits per heavy atom. The average Bonchev–Trinajstić information content (AvgIpc) is 2.66. The summed E-state index contributed by atoms with van der Waals surface area (Å²) in [7, 11) is 0. The van der Waals surface area contributed by atoms with E-state index in [9.17, 15) is 4.79 Å². The van der Waals surface area contributed by atoms with Crippen molar-refractivity contribution in [1.82, 2.24) is 11.5 Å². The Kier molecular flexibility index (Phi) is 3.45. The maximum absolute atomic E-state index is 12.0. The van der Waals surface area contributed by atoms with Gasteiger partial charge in [-0.05, 0) is 37.6 Å². The molecule has 0 unspecified atom stereocenters. The van der Waals surface area contributed by atoms with E-state index in [2.05, 4.69) is 17.4 Å². The van der Waals surface area contributed by atoms with Crippen LogP contribution in [-0.2, 0) is 11.2 Å². The SMILES string of the molecule is N.O=C1Cc2ccccc2N1C1CCNCC1. The molecule has 2 aliphatic rings. The molecule has 4 nitrogen and oxygen atoms in total. The molecule has 0 aromatic heterocycles. The van der Waals surface area contributed by atoms with Gasteiger partial charge in [0.25, 0.3) is 0 Å². The number of piperidine rings is 1. The Morgan fingerprint density at radius 1 is 1.18 bits per heavy atom. The van der Waals surface area contributed by atoms with Gasteiger partial charge >= 0.3 is 0 Å². The quantitative estimate of drug-likeness (QED) is 0.772. The fraction of sp³-hybridized carbons (Fsp3) is 0.462. The summed E-state index contributed by atoms with van der Waals surface area (Å²) in [6.45, 7) is 2.05. The third kappa shape index (κ3) is 2.06. The Hall–Kier alpha value is -1.39. The molecule has 0 radical (unpaired) electrons. The second kappa shape index (κ2) is 4.85. The molecule has 1 amide bonds. The normalized spacial score (nSPS) is 20.0. The Bertz CT molecular complexity index is 413. The molecule has 1 saturated heterocycles. The van der Waals surface area contributed by atoms with Crippen LogP contribution in [0.3, 0.4) is 0 Å². The zero-order chi connectivity index (χ0) is 11.0. The molecule has 4 N–H and O–H groups in total. The molecule has 0 saturated carbocycles. The molecule has 0 spiro atoms. The molecule has 0 atom stereocenters. The number of amides is 1. The number of anilines is 1. The molecule has 0 aliphatic carbocycles. The van der Waals surface area contributed by atoms with E-state index in [1.54, 1.807) is 0 Å². The Labute approximate surface area is 102 Å². The Morgan fingerprint density at radius 2 is 1.88 bits per heavy atom. The summed E-state index contributed by atoms with van der Waals surface area (Å²) >= 11 is 0. The van der Waals surface area contributed by atoms with Gasteiger partial charge in [-0.15, -0.1) is 0 Å². The first-order valence-corrected chi connectivity index (χ1v) is 5.97. The van der Waals surface area contributed by atoms with E-state index in [-0.39, 0.29) is 12.1 Å². The van der Waals surface area contributed by atoms with Crippen LogP contribution >= 0.6 is 0 Å². The van der Waals surface area contributed by atoms with Gasteiger partial charge in [0.15, 0.2) is 0 Å². The van der Waals surface area contributed by atoms with E-state index >= 15 is 0 Å². The predicted octanol–water partition coefficient (Wildman–Crippen LogP) is 1.49. The zero-order valence-corrected chi connectivity index (χ0v) is 9.98. The van der Waals surface area contributed by atoms with Crippen LogP contribution in [0.1, 0.15) is 18.4 Å². The highest BCUT2D eigenvalue weighted by atomic mass is 16.2. The topological polar surface area (TPSA) is 67.3 Å². The van der Waals surface area contributed by atoms with E-state index in [4.69, 9.17) is 0 Å². The molecule has 2 heterocycles. The number of hydrogen-bond acceptors (Lipinski definition) is 3. The third-order valence-electron chi connectivity index (χ3n) is 3.54. The van der Waals surface area contributed by atoms with Crippen LogP contribution in [-0.4, -0.2) is 25.0 Å². The summed E-state index contributed by atoms with van der Waals surface area (Å²) < 4.78 is 0. The molecule has 92 valence electrons. The van der Waals surface area contributed by atoms with E-state index in [0.29, 0.717) is 12.5 Å². The van der Waals surface area contributed by atoms with Crippen molar-refractivity contribution in [2.24, 2.45) is 0 Å². The van der Waals surface area contributed by atoms with Crippen molar-refractivity contribution in [2.45, 2.75) is 25.3 Å². The zero-order valence-electron chi connectivity index (χ0n) is 9.98. The number of benzene rings is 1. The van der Waals surface area contributed by atoms with Gasteiger partial charge in [0, 0.05) is 11.7 Å². The minimum Gasteiger partial charge on any atom is -0.344 e. The predicted molar refractivity (Wildman–Crippen MR) is 68.5 cm³/mol. The Balaban J connectivity index is 0.00000108. The number of hydrogen-bond donors (Lipinski definition) is 2. The van der Waals surface area contributed by atoms with Crippen LogP contribution in [0.4, 0.5) is 5.69 Å². The van der Waals surface area contributed by atoms with Crippen LogP contribution in [0.2, 0.25) is 0 Å². The molecule has 3 rings (SSSR count). The largest absolute Gasteiger partial charge is 0.344 e. The third-order valence-corrected chi connectivity index (χ3v) is 3.54. The number of nitrogens with zero attached hydrogens (tertiary/aromatic N) is 1. The van der Waals surface area contributed by atoms with Gasteiger partial charge in [-0.3, -0.25) is 4.79 Å². The molecule has 17 heavy (non-hydrogen) atoms. The van der Waals surface area contributed by atoms with Gasteiger partial charge in [0.05, 0.1) is 6.42 Å². The van der Waals surface area contributed by atoms with Gasteiger partial charge in [-0.2, -0.15) is 0 Å². The summed E-state index contributed by atoms with van der Waals surface area (Å²) in [6, 6.07) is 8.57. The van der Waals surface area contributed by atoms with Crippen molar-refractivity contribution in [1.29, 1.82) is 0 Å². The molecular formula is C13H19N3O. The molecule has 1 aromatic carbocycles. The lowest BCUT2D eigenvalue weighted by atomic mass is 10.0. The van der Waals surface area contributed by atoms with Gasteiger partial charge in [0.2, 0.25) is 5.91 Å². The second-order valence-electron chi connectivity index (χ2n) is 4.55. The summed E-state index contributed by atoms with van der Waals surface area (Å²) in [6.07, 6.45) is 2.72. The maximum atomic E-state index is 12.0. The van der Waals surface area contributed by atoms with Gasteiger partial charge in [0.1, 0.15) is 0 Å². The number of nitrogens with one attached hydrogen (secondary N) is 1. The summed E-state index contributed by atoms with van der Waals surface area (Å²) in [4.78, 5) is 14.1. The van der Waals surface area contributed by atoms with Crippen molar-refractivity contribution in [3.63, 3.8) is 0 Å². The molecule has 0 bridgehead atoms. The lowest BCUT2D eigenvalue weighted by Gasteiger charge is -2.32. The number of carbonyl (C=O) groups excluding carboxylic acids is 1. The lowest BCUT2D eigenvalue weighted by molar-refractivity contribution is -0.117. The molecule has 2 aliphatic heterocycles. The van der Waals surface area contributed by atoms with Gasteiger partial charge in [-0.1, -0.05) is 18.2 Å². The van der Waals surface area contributed by atoms with Gasteiger partial charge in [-0.25, -0.2) is 0 Å². The summed E-state index contributed by atoms with van der Waals surface area (Å²) in [5.74, 6) is 0.271. The molecule has 4 heteroatoms. The van der Waals surface area contributed by atoms with E-state index in [0.717, 1.165) is 31.6 Å². The van der Waals surface area contributed by atoms with Gasteiger partial charge < -0.3 is 16.4 Å². The minimum atomic E-state index is 0. The second-order valence-corrected chi connectivity index (χ2v) is 4.55. The van der Waals surface area contributed by atoms with Crippen LogP contribution in [0.25, 0.3) is 0 Å². The molecular weight excluding hydrogens is 214 g/mol. The standard InChI is InChI=1S/C13H16N2O.H3N/c16-13-9-10-3-1-2-4-12(10)15(13)11-5-7-14-8-6-11;/h1-4,11,14H,5-9H2;1H3. The minimum absolute atomic E-state index is 0. The summed E-state index contributed by atoms with van der Waals surface area (Å²) in [5.41, 5.74) is 2.32.